The second kappa shape index (κ2) is 5.51. The van der Waals surface area contributed by atoms with Crippen molar-refractivity contribution >= 4 is 17.5 Å². The molecule has 4 heteroatoms. The molecule has 1 unspecified atom stereocenters. The first kappa shape index (κ1) is 15.5. The Kier molecular flexibility index (Phi) is 4.08. The molecule has 1 aromatic rings. The van der Waals surface area contributed by atoms with Crippen LogP contribution in [0.15, 0.2) is 12.1 Å². The van der Waals surface area contributed by atoms with Crippen LogP contribution >= 0.6 is 0 Å². The molecule has 1 fully saturated rings. The molecule has 2 amide bonds. The summed E-state index contributed by atoms with van der Waals surface area (Å²) >= 11 is 0. The Morgan fingerprint density at radius 2 is 1.57 bits per heavy atom. The van der Waals surface area contributed by atoms with Gasteiger partial charge in [-0.25, -0.2) is 0 Å². The van der Waals surface area contributed by atoms with E-state index in [0.29, 0.717) is 5.69 Å². The zero-order valence-corrected chi connectivity index (χ0v) is 13.3. The lowest BCUT2D eigenvalue weighted by Gasteiger charge is -2.21. The molecule has 0 bridgehead atoms. The lowest BCUT2D eigenvalue weighted by Crippen LogP contribution is -2.30. The zero-order valence-electron chi connectivity index (χ0n) is 13.3. The molecule has 114 valence electrons. The highest BCUT2D eigenvalue weighted by molar-refractivity contribution is 6.20. The van der Waals surface area contributed by atoms with Crippen LogP contribution in [-0.4, -0.2) is 16.9 Å². The molecule has 21 heavy (non-hydrogen) atoms. The molecule has 1 atom stereocenters. The number of amides is 2. The Morgan fingerprint density at radius 1 is 1.10 bits per heavy atom. The number of hydrogen-bond acceptors (Lipinski definition) is 3. The number of carbonyl (C=O) groups is 2. The van der Waals surface area contributed by atoms with Gasteiger partial charge in [0.15, 0.2) is 0 Å². The van der Waals surface area contributed by atoms with Crippen LogP contribution in [0.4, 0.5) is 5.69 Å². The quantitative estimate of drug-likeness (QED) is 0.866. The lowest BCUT2D eigenvalue weighted by atomic mass is 9.93. The molecule has 0 spiro atoms. The molecule has 1 aromatic carbocycles. The van der Waals surface area contributed by atoms with Gasteiger partial charge in [0.2, 0.25) is 11.8 Å². The number of carbonyl (C=O) groups excluding carboxylic acids is 2. The van der Waals surface area contributed by atoms with Crippen LogP contribution in [-0.2, 0) is 9.59 Å². The maximum Gasteiger partial charge on any atom is 0.237 e. The summed E-state index contributed by atoms with van der Waals surface area (Å²) in [6.45, 7) is 9.71. The minimum Gasteiger partial charge on any atom is -0.507 e. The standard InChI is InChI=1S/C17H23NO3/c1-9(2)13-7-12(8-14(10(3)4)16(13)20)18-15(19)6-11(5)17(18)21/h7-11,20H,6H2,1-5H3. The van der Waals surface area contributed by atoms with Crippen LogP contribution in [0.2, 0.25) is 0 Å². The molecule has 1 aliphatic heterocycles. The van der Waals surface area contributed by atoms with Crippen LogP contribution in [0.3, 0.4) is 0 Å². The molecule has 1 saturated heterocycles. The average Bonchev–Trinajstić information content (AvgIpc) is 2.63. The van der Waals surface area contributed by atoms with Crippen LogP contribution in [0.1, 0.15) is 64.0 Å². The normalized spacial score (nSPS) is 19.2. The molecule has 1 aliphatic rings. The van der Waals surface area contributed by atoms with E-state index in [0.717, 1.165) is 11.1 Å². The van der Waals surface area contributed by atoms with Gasteiger partial charge in [-0.2, -0.15) is 0 Å². The van der Waals surface area contributed by atoms with Crippen LogP contribution in [0.5, 0.6) is 5.75 Å². The number of hydrogen-bond donors (Lipinski definition) is 1. The molecule has 1 heterocycles. The topological polar surface area (TPSA) is 57.6 Å². The van der Waals surface area contributed by atoms with Crippen LogP contribution in [0, 0.1) is 5.92 Å². The van der Waals surface area contributed by atoms with Gasteiger partial charge in [-0.3, -0.25) is 14.5 Å². The van der Waals surface area contributed by atoms with E-state index in [2.05, 4.69) is 0 Å². The highest BCUT2D eigenvalue weighted by Gasteiger charge is 2.37. The predicted molar refractivity (Wildman–Crippen MR) is 82.6 cm³/mol. The summed E-state index contributed by atoms with van der Waals surface area (Å²) in [4.78, 5) is 25.6. The van der Waals surface area contributed by atoms with Crippen molar-refractivity contribution in [2.24, 2.45) is 5.92 Å². The van der Waals surface area contributed by atoms with Crippen molar-refractivity contribution in [1.82, 2.24) is 0 Å². The Hall–Kier alpha value is -1.84. The van der Waals surface area contributed by atoms with Gasteiger partial charge in [-0.15, -0.1) is 0 Å². The Morgan fingerprint density at radius 3 is 1.90 bits per heavy atom. The van der Waals surface area contributed by atoms with Gasteiger partial charge in [0, 0.05) is 12.3 Å². The number of rotatable bonds is 3. The number of imide groups is 1. The Balaban J connectivity index is 2.59. The number of aromatic hydroxyl groups is 1. The van der Waals surface area contributed by atoms with Crippen molar-refractivity contribution in [2.75, 3.05) is 4.90 Å². The molecule has 0 radical (unpaired) electrons. The summed E-state index contributed by atoms with van der Waals surface area (Å²) in [6, 6.07) is 3.53. The molecule has 2 rings (SSSR count). The summed E-state index contributed by atoms with van der Waals surface area (Å²) in [6.07, 6.45) is 0.258. The number of phenols is 1. The van der Waals surface area contributed by atoms with Gasteiger partial charge < -0.3 is 5.11 Å². The van der Waals surface area contributed by atoms with Gasteiger partial charge in [-0.05, 0) is 35.1 Å². The smallest absolute Gasteiger partial charge is 0.237 e. The molecular formula is C17H23NO3. The molecular weight excluding hydrogens is 266 g/mol. The number of benzene rings is 1. The van der Waals surface area contributed by atoms with Crippen LogP contribution < -0.4 is 4.90 Å². The second-order valence-electron chi connectivity index (χ2n) is 6.45. The SMILES string of the molecule is CC1CC(=O)N(c2cc(C(C)C)c(O)c(C(C)C)c2)C1=O. The van der Waals surface area contributed by atoms with Gasteiger partial charge >= 0.3 is 0 Å². The van der Waals surface area contributed by atoms with Gasteiger partial charge in [0.1, 0.15) is 5.75 Å². The van der Waals surface area contributed by atoms with E-state index in [9.17, 15) is 14.7 Å². The van der Waals surface area contributed by atoms with E-state index in [1.165, 1.54) is 4.90 Å². The highest BCUT2D eigenvalue weighted by atomic mass is 16.3. The number of phenolic OH excluding ortho intramolecular Hbond substituents is 1. The van der Waals surface area contributed by atoms with E-state index in [4.69, 9.17) is 0 Å². The minimum absolute atomic E-state index is 0.118. The minimum atomic E-state index is -0.267. The Labute approximate surface area is 125 Å². The summed E-state index contributed by atoms with van der Waals surface area (Å²) in [5.74, 6) is -0.0785. The third-order valence-electron chi connectivity index (χ3n) is 4.03. The first-order chi connectivity index (χ1) is 9.73. The molecule has 1 N–H and O–H groups in total. The molecule has 0 aromatic heterocycles. The third kappa shape index (κ3) is 2.67. The summed E-state index contributed by atoms with van der Waals surface area (Å²) in [5, 5.41) is 10.4. The first-order valence-electron chi connectivity index (χ1n) is 7.47. The predicted octanol–water partition coefficient (Wildman–Crippen LogP) is 3.54. The van der Waals surface area contributed by atoms with E-state index in [1.54, 1.807) is 19.1 Å². The van der Waals surface area contributed by atoms with Crippen molar-refractivity contribution < 1.29 is 14.7 Å². The maximum absolute atomic E-state index is 12.2. The van der Waals surface area contributed by atoms with E-state index in [1.807, 2.05) is 27.7 Å². The highest BCUT2D eigenvalue weighted by Crippen LogP contribution is 2.39. The molecule has 0 aliphatic carbocycles. The average molecular weight is 289 g/mol. The second-order valence-corrected chi connectivity index (χ2v) is 6.45. The zero-order chi connectivity index (χ0) is 15.9. The summed E-state index contributed by atoms with van der Waals surface area (Å²) in [7, 11) is 0. The van der Waals surface area contributed by atoms with Crippen molar-refractivity contribution in [2.45, 2.75) is 52.9 Å². The Bertz CT molecular complexity index is 561. The maximum atomic E-state index is 12.2. The fourth-order valence-electron chi connectivity index (χ4n) is 2.73. The van der Waals surface area contributed by atoms with Crippen molar-refractivity contribution in [1.29, 1.82) is 0 Å². The summed E-state index contributed by atoms with van der Waals surface area (Å²) < 4.78 is 0. The molecule has 0 saturated carbocycles. The number of anilines is 1. The number of nitrogens with zero attached hydrogens (tertiary/aromatic N) is 1. The fourth-order valence-corrected chi connectivity index (χ4v) is 2.73. The third-order valence-corrected chi connectivity index (χ3v) is 4.03. The molecule has 4 nitrogen and oxygen atoms in total. The van der Waals surface area contributed by atoms with Crippen molar-refractivity contribution in [3.8, 4) is 5.75 Å². The summed E-state index contributed by atoms with van der Waals surface area (Å²) in [5.41, 5.74) is 2.13. The van der Waals surface area contributed by atoms with E-state index in [-0.39, 0.29) is 41.7 Å². The first-order valence-corrected chi connectivity index (χ1v) is 7.47. The van der Waals surface area contributed by atoms with Crippen molar-refractivity contribution in [3.05, 3.63) is 23.3 Å². The largest absolute Gasteiger partial charge is 0.507 e. The van der Waals surface area contributed by atoms with E-state index < -0.39 is 0 Å². The van der Waals surface area contributed by atoms with Gasteiger partial charge in [0.25, 0.3) is 0 Å². The van der Waals surface area contributed by atoms with Gasteiger partial charge in [0.05, 0.1) is 5.69 Å². The monoisotopic (exact) mass is 289 g/mol. The lowest BCUT2D eigenvalue weighted by molar-refractivity contribution is -0.122. The van der Waals surface area contributed by atoms with Crippen molar-refractivity contribution in [3.63, 3.8) is 0 Å². The fraction of sp³-hybridized carbons (Fsp3) is 0.529. The van der Waals surface area contributed by atoms with E-state index >= 15 is 0 Å². The van der Waals surface area contributed by atoms with Gasteiger partial charge in [-0.1, -0.05) is 34.6 Å². The van der Waals surface area contributed by atoms with Crippen LogP contribution in [0.25, 0.3) is 0 Å².